The van der Waals surface area contributed by atoms with Crippen molar-refractivity contribution in [1.29, 1.82) is 0 Å². The molecule has 1 aromatic rings. The van der Waals surface area contributed by atoms with E-state index in [9.17, 15) is 5.11 Å². The number of hydrogen-bond donors (Lipinski definition) is 2. The summed E-state index contributed by atoms with van der Waals surface area (Å²) in [7, 11) is 0. The highest BCUT2D eigenvalue weighted by atomic mass is 32.1. The molecule has 1 aliphatic carbocycles. The van der Waals surface area contributed by atoms with Crippen LogP contribution in [0.1, 0.15) is 43.2 Å². The minimum absolute atomic E-state index is 0.472. The fourth-order valence-corrected chi connectivity index (χ4v) is 3.66. The number of aromatic nitrogens is 1. The van der Waals surface area contributed by atoms with Gasteiger partial charge in [0.05, 0.1) is 16.8 Å². The zero-order chi connectivity index (χ0) is 13.0. The molecule has 2 unspecified atom stereocenters. The van der Waals surface area contributed by atoms with Crippen LogP contribution in [0, 0.1) is 12.8 Å². The van der Waals surface area contributed by atoms with Crippen molar-refractivity contribution in [2.75, 3.05) is 13.1 Å². The number of aryl methyl sites for hydroxylation is 1. The summed E-state index contributed by atoms with van der Waals surface area (Å²) in [4.78, 5) is 5.60. The lowest BCUT2D eigenvalue weighted by Gasteiger charge is -2.35. The largest absolute Gasteiger partial charge is 0.389 e. The van der Waals surface area contributed by atoms with E-state index in [0.29, 0.717) is 5.92 Å². The molecule has 1 heterocycles. The molecule has 1 aliphatic rings. The van der Waals surface area contributed by atoms with Crippen LogP contribution in [0.5, 0.6) is 0 Å². The van der Waals surface area contributed by atoms with E-state index in [0.717, 1.165) is 44.5 Å². The zero-order valence-electron chi connectivity index (χ0n) is 11.4. The molecule has 2 atom stereocenters. The zero-order valence-corrected chi connectivity index (χ0v) is 12.2. The van der Waals surface area contributed by atoms with Gasteiger partial charge in [0.2, 0.25) is 0 Å². The molecular weight excluding hydrogens is 244 g/mol. The van der Waals surface area contributed by atoms with Gasteiger partial charge in [0.1, 0.15) is 0 Å². The summed E-state index contributed by atoms with van der Waals surface area (Å²) >= 11 is 1.72. The van der Waals surface area contributed by atoms with Gasteiger partial charge in [0.15, 0.2) is 0 Å². The molecule has 4 heteroatoms. The lowest BCUT2D eigenvalue weighted by molar-refractivity contribution is -0.0114. The van der Waals surface area contributed by atoms with Crippen LogP contribution < -0.4 is 5.32 Å². The lowest BCUT2D eigenvalue weighted by atomic mass is 9.79. The summed E-state index contributed by atoms with van der Waals surface area (Å²) in [6.45, 7) is 5.96. The van der Waals surface area contributed by atoms with Crippen molar-refractivity contribution < 1.29 is 5.11 Å². The number of hydrogen-bond acceptors (Lipinski definition) is 4. The van der Waals surface area contributed by atoms with Gasteiger partial charge < -0.3 is 10.4 Å². The van der Waals surface area contributed by atoms with Gasteiger partial charge >= 0.3 is 0 Å². The van der Waals surface area contributed by atoms with Gasteiger partial charge in [0, 0.05) is 18.0 Å². The third kappa shape index (κ3) is 3.77. The molecule has 0 saturated heterocycles. The fourth-order valence-electron chi connectivity index (χ4n) is 2.88. The summed E-state index contributed by atoms with van der Waals surface area (Å²) in [6.07, 6.45) is 5.33. The first-order valence-corrected chi connectivity index (χ1v) is 7.79. The average molecular weight is 268 g/mol. The molecule has 0 spiro atoms. The van der Waals surface area contributed by atoms with Crippen LogP contribution in [0.3, 0.4) is 0 Å². The second kappa shape index (κ2) is 6.13. The number of aliphatic hydroxyl groups is 1. The molecule has 0 radical (unpaired) electrons. The number of rotatable bonds is 5. The molecule has 1 aromatic heterocycles. The number of thiazole rings is 1. The van der Waals surface area contributed by atoms with Crippen LogP contribution in [-0.2, 0) is 6.42 Å². The van der Waals surface area contributed by atoms with E-state index in [1.807, 2.05) is 5.51 Å². The van der Waals surface area contributed by atoms with Gasteiger partial charge in [-0.05, 0) is 32.1 Å². The molecule has 102 valence electrons. The molecule has 1 fully saturated rings. The summed E-state index contributed by atoms with van der Waals surface area (Å²) in [6, 6.07) is 0. The van der Waals surface area contributed by atoms with Crippen LogP contribution in [0.15, 0.2) is 5.51 Å². The molecule has 0 amide bonds. The minimum atomic E-state index is -0.472. The van der Waals surface area contributed by atoms with E-state index in [1.165, 1.54) is 11.3 Å². The molecule has 18 heavy (non-hydrogen) atoms. The first kappa shape index (κ1) is 14.0. The molecule has 0 aromatic carbocycles. The van der Waals surface area contributed by atoms with Crippen LogP contribution in [-0.4, -0.2) is 28.8 Å². The molecular formula is C14H24N2OS. The Labute approximate surface area is 114 Å². The first-order valence-electron chi connectivity index (χ1n) is 6.91. The molecule has 0 aliphatic heterocycles. The first-order chi connectivity index (χ1) is 8.59. The van der Waals surface area contributed by atoms with E-state index in [4.69, 9.17) is 0 Å². The highest BCUT2D eigenvalue weighted by Crippen LogP contribution is 2.31. The minimum Gasteiger partial charge on any atom is -0.389 e. The highest BCUT2D eigenvalue weighted by Gasteiger charge is 2.31. The Hall–Kier alpha value is -0.450. The van der Waals surface area contributed by atoms with Gasteiger partial charge in [-0.25, -0.2) is 4.98 Å². The second-order valence-electron chi connectivity index (χ2n) is 5.71. The van der Waals surface area contributed by atoms with Gasteiger partial charge in [-0.15, -0.1) is 11.3 Å². The van der Waals surface area contributed by atoms with E-state index in [2.05, 4.69) is 24.1 Å². The standard InChI is InChI=1S/C14H24N2OS/c1-11-4-3-6-14(17,8-11)9-15-7-5-13-12(2)16-10-18-13/h10-11,15,17H,3-9H2,1-2H3. The van der Waals surface area contributed by atoms with Crippen molar-refractivity contribution in [2.24, 2.45) is 5.92 Å². The van der Waals surface area contributed by atoms with Gasteiger partial charge in [-0.2, -0.15) is 0 Å². The quantitative estimate of drug-likeness (QED) is 0.807. The van der Waals surface area contributed by atoms with Crippen LogP contribution in [0.25, 0.3) is 0 Å². The van der Waals surface area contributed by atoms with Crippen LogP contribution >= 0.6 is 11.3 Å². The van der Waals surface area contributed by atoms with Crippen LogP contribution in [0.2, 0.25) is 0 Å². The van der Waals surface area contributed by atoms with Crippen molar-refractivity contribution >= 4 is 11.3 Å². The van der Waals surface area contributed by atoms with E-state index < -0.39 is 5.60 Å². The Bertz CT molecular complexity index is 380. The predicted molar refractivity (Wildman–Crippen MR) is 76.0 cm³/mol. The fraction of sp³-hybridized carbons (Fsp3) is 0.786. The van der Waals surface area contributed by atoms with Crippen molar-refractivity contribution in [3.05, 3.63) is 16.1 Å². The summed E-state index contributed by atoms with van der Waals surface area (Å²) < 4.78 is 0. The van der Waals surface area contributed by atoms with E-state index >= 15 is 0 Å². The normalized spacial score (nSPS) is 28.5. The van der Waals surface area contributed by atoms with Crippen molar-refractivity contribution in [1.82, 2.24) is 10.3 Å². The third-order valence-corrected chi connectivity index (χ3v) is 4.89. The summed E-state index contributed by atoms with van der Waals surface area (Å²) in [5, 5.41) is 13.9. The number of nitrogens with zero attached hydrogens (tertiary/aromatic N) is 1. The SMILES string of the molecule is Cc1ncsc1CCNCC1(O)CCCC(C)C1. The second-order valence-corrected chi connectivity index (χ2v) is 6.65. The van der Waals surface area contributed by atoms with Gasteiger partial charge in [-0.3, -0.25) is 0 Å². The van der Waals surface area contributed by atoms with Crippen molar-refractivity contribution in [3.8, 4) is 0 Å². The Morgan fingerprint density at radius 3 is 3.11 bits per heavy atom. The molecule has 2 N–H and O–H groups in total. The molecule has 2 rings (SSSR count). The monoisotopic (exact) mass is 268 g/mol. The van der Waals surface area contributed by atoms with Crippen molar-refractivity contribution in [2.45, 2.75) is 51.6 Å². The number of nitrogens with one attached hydrogen (secondary N) is 1. The Kier molecular flexibility index (Phi) is 4.76. The Balaban J connectivity index is 1.70. The lowest BCUT2D eigenvalue weighted by Crippen LogP contribution is -2.44. The summed E-state index contributed by atoms with van der Waals surface area (Å²) in [5.74, 6) is 0.661. The Morgan fingerprint density at radius 2 is 2.44 bits per heavy atom. The average Bonchev–Trinajstić information content (AvgIpc) is 2.70. The van der Waals surface area contributed by atoms with Crippen molar-refractivity contribution in [3.63, 3.8) is 0 Å². The Morgan fingerprint density at radius 1 is 1.61 bits per heavy atom. The highest BCUT2D eigenvalue weighted by molar-refractivity contribution is 7.09. The maximum absolute atomic E-state index is 10.5. The molecule has 0 bridgehead atoms. The van der Waals surface area contributed by atoms with E-state index in [-0.39, 0.29) is 0 Å². The van der Waals surface area contributed by atoms with Crippen LogP contribution in [0.4, 0.5) is 0 Å². The summed E-state index contributed by atoms with van der Waals surface area (Å²) in [5.41, 5.74) is 2.58. The topological polar surface area (TPSA) is 45.2 Å². The van der Waals surface area contributed by atoms with Gasteiger partial charge in [0.25, 0.3) is 0 Å². The molecule has 3 nitrogen and oxygen atoms in total. The third-order valence-electron chi connectivity index (χ3n) is 3.90. The molecule has 1 saturated carbocycles. The maximum atomic E-state index is 10.5. The predicted octanol–water partition coefficient (Wildman–Crippen LogP) is 2.52. The van der Waals surface area contributed by atoms with Gasteiger partial charge in [-0.1, -0.05) is 19.8 Å². The smallest absolute Gasteiger partial charge is 0.0797 e. The van der Waals surface area contributed by atoms with E-state index in [1.54, 1.807) is 11.3 Å². The maximum Gasteiger partial charge on any atom is 0.0797 e.